The summed E-state index contributed by atoms with van der Waals surface area (Å²) >= 11 is 0. The van der Waals surface area contributed by atoms with Crippen LogP contribution in [0.2, 0.25) is 0 Å². The van der Waals surface area contributed by atoms with Gasteiger partial charge >= 0.3 is 12.0 Å². The van der Waals surface area contributed by atoms with Crippen molar-refractivity contribution in [2.24, 2.45) is 5.73 Å². The van der Waals surface area contributed by atoms with Crippen LogP contribution in [0.1, 0.15) is 13.3 Å². The molecule has 0 saturated carbocycles. The minimum Gasteiger partial charge on any atom is -0.396 e. The molecule has 0 atom stereocenters. The third kappa shape index (κ3) is 4.82. The molecule has 0 fully saturated rings. The average molecular weight is 214 g/mol. The quantitative estimate of drug-likeness (QED) is 0.348. The second-order valence-electron chi connectivity index (χ2n) is 2.68. The minimum absolute atomic E-state index is 0.102. The van der Waals surface area contributed by atoms with Gasteiger partial charge < -0.3 is 15.7 Å². The van der Waals surface area contributed by atoms with E-state index in [1.165, 1.54) is 13.0 Å². The molecule has 0 spiro atoms. The maximum atomic E-state index is 11.2. The molecule has 0 bridgehead atoms. The number of nitrogens with one attached hydrogen (secondary N) is 1. The van der Waals surface area contributed by atoms with E-state index in [4.69, 9.17) is 10.8 Å². The van der Waals surface area contributed by atoms with Crippen molar-refractivity contribution in [3.05, 3.63) is 23.8 Å². The van der Waals surface area contributed by atoms with E-state index in [2.05, 4.69) is 11.4 Å². The molecule has 4 N–H and O–H groups in total. The zero-order chi connectivity index (χ0) is 11.8. The Morgan fingerprint density at radius 2 is 2.20 bits per heavy atom. The fourth-order valence-corrected chi connectivity index (χ4v) is 0.867. The molecule has 84 valence electrons. The van der Waals surface area contributed by atoms with Crippen molar-refractivity contribution in [1.29, 1.82) is 0 Å². The number of aliphatic hydroxyl groups excluding tert-OH is 1. The predicted octanol–water partition coefficient (Wildman–Crippen LogP) is -0.00220. The molecule has 6 heteroatoms. The van der Waals surface area contributed by atoms with Gasteiger partial charge in [-0.1, -0.05) is 12.7 Å². The standard InChI is InChI=1S/C9H14N2O4/c1-3-7(4-5-12)6(2)8(13)15-11-9(10)14/h3,12H,1,4-5H2,2H3,(H3,10,11,14). The van der Waals surface area contributed by atoms with Gasteiger partial charge in [-0.3, -0.25) is 0 Å². The number of carbonyl (C=O) groups is 2. The van der Waals surface area contributed by atoms with Crippen LogP contribution in [0.4, 0.5) is 4.79 Å². The highest BCUT2D eigenvalue weighted by atomic mass is 16.7. The second kappa shape index (κ2) is 6.61. The fourth-order valence-electron chi connectivity index (χ4n) is 0.867. The number of amides is 2. The molecule has 0 aromatic heterocycles. The van der Waals surface area contributed by atoms with Crippen LogP contribution < -0.4 is 11.2 Å². The maximum absolute atomic E-state index is 11.2. The highest BCUT2D eigenvalue weighted by Crippen LogP contribution is 2.10. The van der Waals surface area contributed by atoms with Gasteiger partial charge in [0.05, 0.1) is 0 Å². The summed E-state index contributed by atoms with van der Waals surface area (Å²) in [5, 5.41) is 8.69. The van der Waals surface area contributed by atoms with Gasteiger partial charge in [0.2, 0.25) is 0 Å². The minimum atomic E-state index is -0.960. The number of aliphatic hydroxyl groups is 1. The van der Waals surface area contributed by atoms with Crippen molar-refractivity contribution in [1.82, 2.24) is 5.48 Å². The van der Waals surface area contributed by atoms with E-state index in [9.17, 15) is 9.59 Å². The monoisotopic (exact) mass is 214 g/mol. The van der Waals surface area contributed by atoms with Gasteiger partial charge in [0.1, 0.15) is 0 Å². The van der Waals surface area contributed by atoms with Crippen molar-refractivity contribution in [3.63, 3.8) is 0 Å². The second-order valence-corrected chi connectivity index (χ2v) is 2.68. The normalized spacial score (nSPS) is 11.3. The summed E-state index contributed by atoms with van der Waals surface area (Å²) in [7, 11) is 0. The summed E-state index contributed by atoms with van der Waals surface area (Å²) in [6.45, 7) is 4.89. The van der Waals surface area contributed by atoms with Crippen molar-refractivity contribution in [2.75, 3.05) is 6.61 Å². The summed E-state index contributed by atoms with van der Waals surface area (Å²) in [5.41, 5.74) is 7.22. The van der Waals surface area contributed by atoms with Crippen LogP contribution in [-0.4, -0.2) is 23.7 Å². The molecular weight excluding hydrogens is 200 g/mol. The third-order valence-corrected chi connectivity index (χ3v) is 1.66. The SMILES string of the molecule is C=CC(CCO)=C(C)C(=O)ONC(N)=O. The highest BCUT2D eigenvalue weighted by Gasteiger charge is 2.11. The van der Waals surface area contributed by atoms with Crippen LogP contribution in [0.15, 0.2) is 23.8 Å². The average Bonchev–Trinajstić information content (AvgIpc) is 2.21. The van der Waals surface area contributed by atoms with Crippen molar-refractivity contribution in [2.45, 2.75) is 13.3 Å². The Hall–Kier alpha value is -1.82. The number of carbonyl (C=O) groups excluding carboxylic acids is 2. The van der Waals surface area contributed by atoms with E-state index in [0.29, 0.717) is 12.0 Å². The van der Waals surface area contributed by atoms with Crippen LogP contribution >= 0.6 is 0 Å². The summed E-state index contributed by atoms with van der Waals surface area (Å²) in [6, 6.07) is -0.960. The number of hydroxylamine groups is 1. The van der Waals surface area contributed by atoms with E-state index in [1.807, 2.05) is 0 Å². The molecule has 0 aliphatic carbocycles. The Kier molecular flexibility index (Phi) is 5.81. The lowest BCUT2D eigenvalue weighted by molar-refractivity contribution is -0.143. The topological polar surface area (TPSA) is 102 Å². The molecule has 0 aromatic carbocycles. The van der Waals surface area contributed by atoms with E-state index >= 15 is 0 Å². The molecule has 0 aromatic rings. The summed E-state index contributed by atoms with van der Waals surface area (Å²) < 4.78 is 0. The number of nitrogens with two attached hydrogens (primary N) is 1. The van der Waals surface area contributed by atoms with Gasteiger partial charge in [0.15, 0.2) is 0 Å². The highest BCUT2D eigenvalue weighted by molar-refractivity contribution is 5.90. The van der Waals surface area contributed by atoms with Gasteiger partial charge in [-0.15, -0.1) is 0 Å². The van der Waals surface area contributed by atoms with Crippen molar-refractivity contribution >= 4 is 12.0 Å². The van der Waals surface area contributed by atoms with Crippen LogP contribution in [0.25, 0.3) is 0 Å². The Labute approximate surface area is 87.4 Å². The molecule has 0 unspecified atom stereocenters. The van der Waals surface area contributed by atoms with Crippen LogP contribution in [-0.2, 0) is 9.63 Å². The van der Waals surface area contributed by atoms with Crippen LogP contribution in [0, 0.1) is 0 Å². The smallest absolute Gasteiger partial charge is 0.359 e. The van der Waals surface area contributed by atoms with Gasteiger partial charge in [-0.2, -0.15) is 5.48 Å². The summed E-state index contributed by atoms with van der Waals surface area (Å²) in [4.78, 5) is 25.8. The van der Waals surface area contributed by atoms with Crippen LogP contribution in [0.5, 0.6) is 0 Å². The summed E-state index contributed by atoms with van der Waals surface area (Å²) in [6.07, 6.45) is 1.73. The largest absolute Gasteiger partial charge is 0.396 e. The van der Waals surface area contributed by atoms with E-state index < -0.39 is 12.0 Å². The number of urea groups is 1. The molecule has 0 aliphatic heterocycles. The lowest BCUT2D eigenvalue weighted by Gasteiger charge is -2.06. The Morgan fingerprint density at radius 3 is 2.60 bits per heavy atom. The van der Waals surface area contributed by atoms with E-state index in [1.54, 1.807) is 5.48 Å². The molecule has 6 nitrogen and oxygen atoms in total. The fraction of sp³-hybridized carbons (Fsp3) is 0.333. The molecule has 0 heterocycles. The first kappa shape index (κ1) is 13.2. The number of primary amides is 1. The Balaban J connectivity index is 4.50. The first-order valence-corrected chi connectivity index (χ1v) is 4.22. The van der Waals surface area contributed by atoms with Gasteiger partial charge in [-0.05, 0) is 18.9 Å². The molecule has 0 aliphatic rings. The van der Waals surface area contributed by atoms with Crippen LogP contribution in [0.3, 0.4) is 0 Å². The predicted molar refractivity (Wildman–Crippen MR) is 53.4 cm³/mol. The molecule has 0 saturated heterocycles. The molecule has 0 rings (SSSR count). The number of hydrogen-bond acceptors (Lipinski definition) is 4. The van der Waals surface area contributed by atoms with Gasteiger partial charge in [-0.25, -0.2) is 9.59 Å². The van der Waals surface area contributed by atoms with Gasteiger partial charge in [0, 0.05) is 12.2 Å². The number of allylic oxidation sites excluding steroid dienone is 1. The molecule has 2 amide bonds. The molecular formula is C9H14N2O4. The van der Waals surface area contributed by atoms with Gasteiger partial charge in [0.25, 0.3) is 0 Å². The lowest BCUT2D eigenvalue weighted by atomic mass is 10.1. The van der Waals surface area contributed by atoms with Crippen molar-refractivity contribution < 1.29 is 19.5 Å². The number of rotatable bonds is 4. The maximum Gasteiger partial charge on any atom is 0.359 e. The van der Waals surface area contributed by atoms with E-state index in [0.717, 1.165) is 0 Å². The third-order valence-electron chi connectivity index (χ3n) is 1.66. The molecule has 0 radical (unpaired) electrons. The Bertz CT molecular complexity index is 296. The Morgan fingerprint density at radius 1 is 1.60 bits per heavy atom. The summed E-state index contributed by atoms with van der Waals surface area (Å²) in [5.74, 6) is -0.739. The lowest BCUT2D eigenvalue weighted by Crippen LogP contribution is -2.32. The zero-order valence-electron chi connectivity index (χ0n) is 8.45. The molecule has 15 heavy (non-hydrogen) atoms. The zero-order valence-corrected chi connectivity index (χ0v) is 8.45. The van der Waals surface area contributed by atoms with Crippen molar-refractivity contribution in [3.8, 4) is 0 Å². The first-order chi connectivity index (χ1) is 7.02. The number of hydrogen-bond donors (Lipinski definition) is 3. The first-order valence-electron chi connectivity index (χ1n) is 4.22. The van der Waals surface area contributed by atoms with E-state index in [-0.39, 0.29) is 12.2 Å².